The van der Waals surface area contributed by atoms with E-state index in [0.29, 0.717) is 33.0 Å². The van der Waals surface area contributed by atoms with Gasteiger partial charge in [0, 0.05) is 31.2 Å². The zero-order chi connectivity index (χ0) is 21.4. The van der Waals surface area contributed by atoms with Crippen LogP contribution in [0.15, 0.2) is 18.3 Å². The van der Waals surface area contributed by atoms with Crippen molar-refractivity contribution in [3.63, 3.8) is 0 Å². The van der Waals surface area contributed by atoms with E-state index in [9.17, 15) is 31.2 Å². The molecule has 3 rings (SSSR count). The van der Waals surface area contributed by atoms with Gasteiger partial charge in [-0.3, -0.25) is 4.98 Å². The van der Waals surface area contributed by atoms with Gasteiger partial charge in [0.05, 0.1) is 16.8 Å². The lowest BCUT2D eigenvalue weighted by Gasteiger charge is -2.31. The largest absolute Gasteiger partial charge is 0.511 e. The average molecular weight is 430 g/mol. The van der Waals surface area contributed by atoms with Crippen LogP contribution < -0.4 is 5.32 Å². The lowest BCUT2D eigenvalue weighted by Crippen LogP contribution is -2.45. The van der Waals surface area contributed by atoms with E-state index < -0.39 is 21.3 Å². The molecule has 0 radical (unpaired) electrons. The van der Waals surface area contributed by atoms with Gasteiger partial charge in [-0.05, 0) is 43.4 Å². The summed E-state index contributed by atoms with van der Waals surface area (Å²) in [6, 6.07) is 4.61. The summed E-state index contributed by atoms with van der Waals surface area (Å²) in [7, 11) is -5.32. The van der Waals surface area contributed by atoms with E-state index in [-0.39, 0.29) is 37.4 Å². The van der Waals surface area contributed by atoms with Gasteiger partial charge in [-0.2, -0.15) is 22.7 Å². The number of hydrogen-bond donors (Lipinski definition) is 1. The molecule has 2 aromatic rings. The summed E-state index contributed by atoms with van der Waals surface area (Å²) < 4.78 is 75.3. The van der Waals surface area contributed by atoms with Gasteiger partial charge in [-0.15, -0.1) is 0 Å². The van der Waals surface area contributed by atoms with Crippen molar-refractivity contribution in [2.75, 3.05) is 25.0 Å². The number of anilines is 1. The van der Waals surface area contributed by atoms with Crippen molar-refractivity contribution in [1.29, 1.82) is 5.26 Å². The van der Waals surface area contributed by atoms with Crippen molar-refractivity contribution < 1.29 is 26.0 Å². The number of aryl methyl sites for hydroxylation is 1. The quantitative estimate of drug-likeness (QED) is 0.750. The molecule has 156 valence electrons. The molecule has 1 fully saturated rings. The first kappa shape index (κ1) is 21.3. The number of piperidine rings is 1. The summed E-state index contributed by atoms with van der Waals surface area (Å²) in [5, 5.41) is 12.9. The number of halogens is 4. The Kier molecular flexibility index (Phi) is 5.69. The fourth-order valence-corrected chi connectivity index (χ4v) is 4.44. The van der Waals surface area contributed by atoms with E-state index in [1.54, 1.807) is 6.92 Å². The van der Waals surface area contributed by atoms with Gasteiger partial charge in [0.25, 0.3) is 0 Å². The van der Waals surface area contributed by atoms with Gasteiger partial charge in [0.15, 0.2) is 0 Å². The maximum Gasteiger partial charge on any atom is 0.511 e. The van der Waals surface area contributed by atoms with Crippen molar-refractivity contribution in [3.05, 3.63) is 35.3 Å². The summed E-state index contributed by atoms with van der Waals surface area (Å²) >= 11 is 0. The maximum absolute atomic E-state index is 13.9. The molecule has 2 heterocycles. The van der Waals surface area contributed by atoms with Crippen LogP contribution in [0.1, 0.15) is 24.0 Å². The molecule has 29 heavy (non-hydrogen) atoms. The van der Waals surface area contributed by atoms with Crippen LogP contribution in [0, 0.1) is 30.0 Å². The van der Waals surface area contributed by atoms with Crippen LogP contribution in [0.25, 0.3) is 10.9 Å². The molecule has 1 aliphatic heterocycles. The van der Waals surface area contributed by atoms with E-state index in [1.165, 1.54) is 18.3 Å². The molecule has 0 bridgehead atoms. The molecular weight excluding hydrogens is 412 g/mol. The molecule has 11 heteroatoms. The predicted octanol–water partition coefficient (Wildman–Crippen LogP) is 3.53. The number of nitriles is 1. The molecule has 1 aromatic carbocycles. The molecule has 1 N–H and O–H groups in total. The highest BCUT2D eigenvalue weighted by molar-refractivity contribution is 7.90. The number of benzene rings is 1. The second-order valence-corrected chi connectivity index (χ2v) is 8.88. The number of aromatic nitrogens is 1. The van der Waals surface area contributed by atoms with Crippen LogP contribution in [0.2, 0.25) is 0 Å². The van der Waals surface area contributed by atoms with Crippen molar-refractivity contribution in [1.82, 2.24) is 9.29 Å². The minimum Gasteiger partial charge on any atom is -0.383 e. The van der Waals surface area contributed by atoms with Crippen LogP contribution in [-0.4, -0.2) is 42.8 Å². The second kappa shape index (κ2) is 7.76. The second-order valence-electron chi connectivity index (χ2n) is 6.95. The SMILES string of the molecule is Cc1cc(F)cc2c(NCC3CCN(S(=O)(=O)C(F)(F)F)CC3)c(C#N)cnc12. The first-order valence-electron chi connectivity index (χ1n) is 8.84. The Morgan fingerprint density at radius 2 is 1.97 bits per heavy atom. The number of nitrogens with zero attached hydrogens (tertiary/aromatic N) is 3. The first-order chi connectivity index (χ1) is 13.5. The molecule has 1 aliphatic rings. The van der Waals surface area contributed by atoms with Crippen LogP contribution in [0.4, 0.5) is 23.2 Å². The Balaban J connectivity index is 1.75. The smallest absolute Gasteiger partial charge is 0.383 e. The van der Waals surface area contributed by atoms with E-state index in [2.05, 4.69) is 10.3 Å². The van der Waals surface area contributed by atoms with Crippen LogP contribution in [0.5, 0.6) is 0 Å². The number of rotatable bonds is 4. The lowest BCUT2D eigenvalue weighted by molar-refractivity contribution is -0.0496. The third-order valence-electron chi connectivity index (χ3n) is 5.02. The molecule has 1 saturated heterocycles. The normalized spacial score (nSPS) is 16.7. The van der Waals surface area contributed by atoms with Crippen molar-refractivity contribution in [3.8, 4) is 6.07 Å². The lowest BCUT2D eigenvalue weighted by atomic mass is 9.97. The van der Waals surface area contributed by atoms with Crippen molar-refractivity contribution in [2.24, 2.45) is 5.92 Å². The molecule has 6 nitrogen and oxygen atoms in total. The maximum atomic E-state index is 13.9. The highest BCUT2D eigenvalue weighted by atomic mass is 32.2. The number of sulfonamides is 1. The van der Waals surface area contributed by atoms with Gasteiger partial charge in [0.2, 0.25) is 0 Å². The standard InChI is InChI=1S/C18H18F4N4O2S/c1-11-6-14(19)7-15-16(11)25-10-13(8-23)17(15)24-9-12-2-4-26(5-3-12)29(27,28)18(20,21)22/h6-7,10,12H,2-5,9H2,1H3,(H,24,25). The number of pyridine rings is 1. The summed E-state index contributed by atoms with van der Waals surface area (Å²) in [4.78, 5) is 4.20. The number of fused-ring (bicyclic) bond motifs is 1. The molecule has 0 aliphatic carbocycles. The molecule has 0 spiro atoms. The first-order valence-corrected chi connectivity index (χ1v) is 10.3. The number of alkyl halides is 3. The number of nitrogens with one attached hydrogen (secondary N) is 1. The van der Waals surface area contributed by atoms with Gasteiger partial charge in [-0.25, -0.2) is 12.8 Å². The van der Waals surface area contributed by atoms with Crippen LogP contribution in [0.3, 0.4) is 0 Å². The Morgan fingerprint density at radius 1 is 1.31 bits per heavy atom. The van der Waals surface area contributed by atoms with Crippen LogP contribution in [-0.2, 0) is 10.0 Å². The Labute approximate surface area is 165 Å². The molecule has 0 atom stereocenters. The topological polar surface area (TPSA) is 86.1 Å². The average Bonchev–Trinajstić information content (AvgIpc) is 2.65. The zero-order valence-electron chi connectivity index (χ0n) is 15.4. The highest BCUT2D eigenvalue weighted by Crippen LogP contribution is 2.32. The van der Waals surface area contributed by atoms with Crippen molar-refractivity contribution >= 4 is 26.6 Å². The molecule has 0 saturated carbocycles. The minimum atomic E-state index is -5.32. The summed E-state index contributed by atoms with van der Waals surface area (Å²) in [5.74, 6) is -0.570. The van der Waals surface area contributed by atoms with E-state index in [0.717, 1.165) is 0 Å². The molecule has 1 aromatic heterocycles. The third-order valence-corrected chi connectivity index (χ3v) is 6.65. The van der Waals surface area contributed by atoms with Crippen molar-refractivity contribution in [2.45, 2.75) is 25.3 Å². The fourth-order valence-electron chi connectivity index (χ4n) is 3.46. The predicted molar refractivity (Wildman–Crippen MR) is 98.9 cm³/mol. The summed E-state index contributed by atoms with van der Waals surface area (Å²) in [6.07, 6.45) is 1.86. The molecule has 0 amide bonds. The van der Waals surface area contributed by atoms with Gasteiger partial charge in [-0.1, -0.05) is 0 Å². The van der Waals surface area contributed by atoms with E-state index in [4.69, 9.17) is 0 Å². The van der Waals surface area contributed by atoms with Gasteiger partial charge in [0.1, 0.15) is 11.9 Å². The minimum absolute atomic E-state index is 0.0981. The van der Waals surface area contributed by atoms with E-state index >= 15 is 0 Å². The van der Waals surface area contributed by atoms with Crippen LogP contribution >= 0.6 is 0 Å². The summed E-state index contributed by atoms with van der Waals surface area (Å²) in [5.41, 5.74) is -3.53. The van der Waals surface area contributed by atoms with E-state index in [1.807, 2.05) is 6.07 Å². The Hall–Kier alpha value is -2.45. The zero-order valence-corrected chi connectivity index (χ0v) is 16.2. The van der Waals surface area contributed by atoms with Gasteiger partial charge < -0.3 is 5.32 Å². The monoisotopic (exact) mass is 430 g/mol. The third kappa shape index (κ3) is 4.13. The molecule has 0 unspecified atom stereocenters. The number of hydrogen-bond acceptors (Lipinski definition) is 5. The Bertz CT molecular complexity index is 1070. The highest BCUT2D eigenvalue weighted by Gasteiger charge is 2.50. The Morgan fingerprint density at radius 3 is 2.55 bits per heavy atom. The fraction of sp³-hybridized carbons (Fsp3) is 0.444. The van der Waals surface area contributed by atoms with Gasteiger partial charge >= 0.3 is 15.5 Å². The molecular formula is C18H18F4N4O2S. The summed E-state index contributed by atoms with van der Waals surface area (Å²) in [6.45, 7) is 1.54.